The maximum Gasteiger partial charge on any atom is 0.250 e. The molecule has 2 aromatic carbocycles. The van der Waals surface area contributed by atoms with Gasteiger partial charge in [-0.15, -0.1) is 0 Å². The average Bonchev–Trinajstić information content (AvgIpc) is 2.63. The second-order valence-electron chi connectivity index (χ2n) is 5.32. The fraction of sp³-hybridized carbons (Fsp3) is 0.211. The highest BCUT2D eigenvalue weighted by atomic mass is 16.5. The van der Waals surface area contributed by atoms with Crippen LogP contribution < -0.4 is 10.6 Å². The van der Waals surface area contributed by atoms with E-state index in [4.69, 9.17) is 10.00 Å². The zero-order valence-corrected chi connectivity index (χ0v) is 13.7. The van der Waals surface area contributed by atoms with E-state index in [1.165, 1.54) is 0 Å². The van der Waals surface area contributed by atoms with Crippen LogP contribution in [0.1, 0.15) is 11.1 Å². The number of amides is 2. The Kier molecular flexibility index (Phi) is 7.16. The summed E-state index contributed by atoms with van der Waals surface area (Å²) in [6, 6.07) is 18.3. The summed E-state index contributed by atoms with van der Waals surface area (Å²) in [7, 11) is 0. The number of ether oxygens (including phenoxy) is 1. The Balaban J connectivity index is 1.60. The van der Waals surface area contributed by atoms with E-state index in [1.54, 1.807) is 24.3 Å². The van der Waals surface area contributed by atoms with Crippen molar-refractivity contribution in [2.45, 2.75) is 6.42 Å². The summed E-state index contributed by atoms with van der Waals surface area (Å²) in [4.78, 5) is 23.4. The maximum absolute atomic E-state index is 11.7. The van der Waals surface area contributed by atoms with Gasteiger partial charge in [0.25, 0.3) is 0 Å². The van der Waals surface area contributed by atoms with Crippen LogP contribution in [-0.4, -0.2) is 31.6 Å². The van der Waals surface area contributed by atoms with Gasteiger partial charge in [0.15, 0.2) is 0 Å². The number of anilines is 1. The van der Waals surface area contributed by atoms with E-state index in [1.807, 2.05) is 36.4 Å². The van der Waals surface area contributed by atoms with E-state index in [9.17, 15) is 9.59 Å². The molecule has 0 spiro atoms. The molecule has 0 saturated carbocycles. The lowest BCUT2D eigenvalue weighted by Gasteiger charge is -2.07. The third kappa shape index (κ3) is 6.85. The zero-order valence-electron chi connectivity index (χ0n) is 13.7. The second kappa shape index (κ2) is 9.85. The molecule has 0 aromatic heterocycles. The molecule has 0 heterocycles. The zero-order chi connectivity index (χ0) is 17.9. The third-order valence-corrected chi connectivity index (χ3v) is 3.34. The number of hydrogen-bond acceptors (Lipinski definition) is 4. The molecule has 2 aromatic rings. The van der Waals surface area contributed by atoms with Gasteiger partial charge in [0.05, 0.1) is 11.6 Å². The van der Waals surface area contributed by atoms with Gasteiger partial charge in [-0.05, 0) is 36.2 Å². The van der Waals surface area contributed by atoms with Crippen LogP contribution in [-0.2, 0) is 20.7 Å². The van der Waals surface area contributed by atoms with Gasteiger partial charge in [0.1, 0.15) is 13.2 Å². The van der Waals surface area contributed by atoms with Crippen molar-refractivity contribution >= 4 is 17.5 Å². The van der Waals surface area contributed by atoms with Gasteiger partial charge in [-0.2, -0.15) is 5.26 Å². The van der Waals surface area contributed by atoms with Gasteiger partial charge in [0.2, 0.25) is 11.8 Å². The lowest BCUT2D eigenvalue weighted by Crippen LogP contribution is -2.31. The highest BCUT2D eigenvalue weighted by Crippen LogP contribution is 2.08. The number of nitriles is 1. The van der Waals surface area contributed by atoms with E-state index in [0.717, 1.165) is 12.0 Å². The number of carbonyl (C=O) groups is 2. The molecule has 0 saturated heterocycles. The third-order valence-electron chi connectivity index (χ3n) is 3.34. The van der Waals surface area contributed by atoms with Gasteiger partial charge in [0, 0.05) is 12.2 Å². The molecule has 2 amide bonds. The molecular weight excluding hydrogens is 318 g/mol. The Labute approximate surface area is 146 Å². The summed E-state index contributed by atoms with van der Waals surface area (Å²) in [5.74, 6) is -0.621. The van der Waals surface area contributed by atoms with E-state index < -0.39 is 0 Å². The van der Waals surface area contributed by atoms with Crippen LogP contribution >= 0.6 is 0 Å². The van der Waals surface area contributed by atoms with Crippen molar-refractivity contribution in [2.75, 3.05) is 25.1 Å². The predicted molar refractivity (Wildman–Crippen MR) is 93.8 cm³/mol. The monoisotopic (exact) mass is 337 g/mol. The van der Waals surface area contributed by atoms with Crippen molar-refractivity contribution in [3.05, 3.63) is 65.7 Å². The minimum Gasteiger partial charge on any atom is -0.362 e. The summed E-state index contributed by atoms with van der Waals surface area (Å²) in [6.07, 6.45) is 0.742. The molecule has 0 aliphatic rings. The molecule has 0 bridgehead atoms. The molecule has 6 nitrogen and oxygen atoms in total. The fourth-order valence-corrected chi connectivity index (χ4v) is 2.10. The molecule has 25 heavy (non-hydrogen) atoms. The van der Waals surface area contributed by atoms with Crippen molar-refractivity contribution in [2.24, 2.45) is 0 Å². The summed E-state index contributed by atoms with van der Waals surface area (Å²) in [5, 5.41) is 14.1. The van der Waals surface area contributed by atoms with Crippen LogP contribution in [0.3, 0.4) is 0 Å². The van der Waals surface area contributed by atoms with Gasteiger partial charge < -0.3 is 15.4 Å². The average molecular weight is 337 g/mol. The van der Waals surface area contributed by atoms with Crippen LogP contribution in [0.25, 0.3) is 0 Å². The molecule has 0 unspecified atom stereocenters. The SMILES string of the molecule is N#Cc1ccc(NC(=O)COCC(=O)NCCc2ccccc2)cc1. The van der Waals surface area contributed by atoms with Crippen LogP contribution in [0.5, 0.6) is 0 Å². The van der Waals surface area contributed by atoms with Gasteiger partial charge >= 0.3 is 0 Å². The van der Waals surface area contributed by atoms with Gasteiger partial charge in [-0.3, -0.25) is 9.59 Å². The molecule has 0 aliphatic carbocycles. The maximum atomic E-state index is 11.7. The number of rotatable bonds is 8. The normalized spacial score (nSPS) is 9.88. The fourth-order valence-electron chi connectivity index (χ4n) is 2.10. The van der Waals surface area contributed by atoms with Crippen molar-refractivity contribution < 1.29 is 14.3 Å². The number of hydrogen-bond donors (Lipinski definition) is 2. The van der Waals surface area contributed by atoms with E-state index in [0.29, 0.717) is 17.8 Å². The molecule has 128 valence electrons. The van der Waals surface area contributed by atoms with Crippen LogP contribution in [0.2, 0.25) is 0 Å². The minimum absolute atomic E-state index is 0.171. The number of nitrogens with one attached hydrogen (secondary N) is 2. The van der Waals surface area contributed by atoms with Gasteiger partial charge in [-0.25, -0.2) is 0 Å². The van der Waals surface area contributed by atoms with Crippen molar-refractivity contribution in [1.82, 2.24) is 5.32 Å². The smallest absolute Gasteiger partial charge is 0.250 e. The van der Waals surface area contributed by atoms with E-state index in [2.05, 4.69) is 10.6 Å². The van der Waals surface area contributed by atoms with Gasteiger partial charge in [-0.1, -0.05) is 30.3 Å². The lowest BCUT2D eigenvalue weighted by atomic mass is 10.1. The Morgan fingerprint density at radius 1 is 0.960 bits per heavy atom. The molecule has 0 atom stereocenters. The summed E-state index contributed by atoms with van der Waals surface area (Å²) in [6.45, 7) is 0.130. The first-order valence-corrected chi connectivity index (χ1v) is 7.86. The topological polar surface area (TPSA) is 91.2 Å². The first kappa shape index (κ1) is 18.2. The van der Waals surface area contributed by atoms with Crippen LogP contribution in [0, 0.1) is 11.3 Å². The molecule has 6 heteroatoms. The molecule has 2 N–H and O–H groups in total. The Bertz CT molecular complexity index is 737. The second-order valence-corrected chi connectivity index (χ2v) is 5.32. The summed E-state index contributed by atoms with van der Waals surface area (Å²) in [5.41, 5.74) is 2.23. The van der Waals surface area contributed by atoms with Crippen LogP contribution in [0.4, 0.5) is 5.69 Å². The Morgan fingerprint density at radius 2 is 1.64 bits per heavy atom. The standard InChI is InChI=1S/C19H19N3O3/c20-12-16-6-8-17(9-7-16)22-19(24)14-25-13-18(23)21-11-10-15-4-2-1-3-5-15/h1-9H,10-11,13-14H2,(H,21,23)(H,22,24). The van der Waals surface area contributed by atoms with Crippen LogP contribution in [0.15, 0.2) is 54.6 Å². The Hall–Kier alpha value is -3.17. The molecule has 0 aliphatic heterocycles. The first-order chi connectivity index (χ1) is 12.2. The van der Waals surface area contributed by atoms with E-state index >= 15 is 0 Å². The van der Waals surface area contributed by atoms with Crippen molar-refractivity contribution in [1.29, 1.82) is 5.26 Å². The molecule has 2 rings (SSSR count). The van der Waals surface area contributed by atoms with Crippen molar-refractivity contribution in [3.63, 3.8) is 0 Å². The number of nitrogens with zero attached hydrogens (tertiary/aromatic N) is 1. The summed E-state index contributed by atoms with van der Waals surface area (Å²) < 4.78 is 5.10. The highest BCUT2D eigenvalue weighted by molar-refractivity contribution is 5.91. The Morgan fingerprint density at radius 3 is 2.32 bits per heavy atom. The first-order valence-electron chi connectivity index (χ1n) is 7.86. The lowest BCUT2D eigenvalue weighted by molar-refractivity contribution is -0.128. The van der Waals surface area contributed by atoms with Crippen molar-refractivity contribution in [3.8, 4) is 6.07 Å². The highest BCUT2D eigenvalue weighted by Gasteiger charge is 2.06. The molecular formula is C19H19N3O3. The largest absolute Gasteiger partial charge is 0.362 e. The quantitative estimate of drug-likeness (QED) is 0.769. The minimum atomic E-state index is -0.359. The van der Waals surface area contributed by atoms with E-state index in [-0.39, 0.29) is 25.0 Å². The number of carbonyl (C=O) groups excluding carboxylic acids is 2. The molecule has 0 radical (unpaired) electrons. The predicted octanol–water partition coefficient (Wildman–Crippen LogP) is 1.87. The molecule has 0 fully saturated rings. The summed E-state index contributed by atoms with van der Waals surface area (Å²) >= 11 is 0. The number of benzene rings is 2.